The van der Waals surface area contributed by atoms with Gasteiger partial charge in [-0.3, -0.25) is 4.79 Å². The summed E-state index contributed by atoms with van der Waals surface area (Å²) in [6.45, 7) is 19.2. The van der Waals surface area contributed by atoms with Crippen LogP contribution in [0.15, 0.2) is 24.3 Å². The molecule has 18 nitrogen and oxygen atoms in total. The third-order valence-electron chi connectivity index (χ3n) is 7.04. The fourth-order valence-electron chi connectivity index (χ4n) is 4.21. The van der Waals surface area contributed by atoms with Gasteiger partial charge in [-0.25, -0.2) is 4.79 Å². The monoisotopic (exact) mass is 836 g/mol. The number of rotatable bonds is 41. The van der Waals surface area contributed by atoms with Crippen LogP contribution in [0, 0.1) is 0 Å². The van der Waals surface area contributed by atoms with Crippen LogP contribution in [-0.2, 0) is 66.4 Å². The number of amides is 2. The third-order valence-corrected chi connectivity index (χ3v) is 7.04. The summed E-state index contributed by atoms with van der Waals surface area (Å²) in [5, 5.41) is 2.71. The SMILES string of the molecule is CC(=O)Nc1ccc(OCCOCCOCCOCCOCCOCCOCCOCCOCCOCCOCCOCCOCCN(C)C(=O)OC(C)(C)C)cc1. The highest BCUT2D eigenvalue weighted by Crippen LogP contribution is 2.15. The van der Waals surface area contributed by atoms with Gasteiger partial charge < -0.3 is 76.5 Å². The Balaban J connectivity index is 1.66. The van der Waals surface area contributed by atoms with Crippen molar-refractivity contribution in [1.82, 2.24) is 4.90 Å². The lowest BCUT2D eigenvalue weighted by molar-refractivity contribution is -0.114. The molecule has 1 rings (SSSR count). The predicted molar refractivity (Wildman–Crippen MR) is 215 cm³/mol. The summed E-state index contributed by atoms with van der Waals surface area (Å²) < 4.78 is 76.8. The Hall–Kier alpha value is -2.72. The molecular weight excluding hydrogens is 764 g/mol. The van der Waals surface area contributed by atoms with Gasteiger partial charge in [0.15, 0.2) is 0 Å². The number of hydrogen-bond donors (Lipinski definition) is 1. The van der Waals surface area contributed by atoms with Crippen LogP contribution >= 0.6 is 0 Å². The highest BCUT2D eigenvalue weighted by molar-refractivity contribution is 5.88. The number of anilines is 1. The van der Waals surface area contributed by atoms with Crippen LogP contribution in [-0.4, -0.2) is 201 Å². The molecule has 0 spiro atoms. The summed E-state index contributed by atoms with van der Waals surface area (Å²) >= 11 is 0. The van der Waals surface area contributed by atoms with Crippen LogP contribution in [0.5, 0.6) is 5.75 Å². The Morgan fingerprint density at radius 1 is 0.466 bits per heavy atom. The van der Waals surface area contributed by atoms with Gasteiger partial charge in [-0.1, -0.05) is 0 Å². The van der Waals surface area contributed by atoms with Crippen LogP contribution in [0.4, 0.5) is 10.5 Å². The largest absolute Gasteiger partial charge is 0.491 e. The summed E-state index contributed by atoms with van der Waals surface area (Å²) in [5.41, 5.74) is 0.212. The lowest BCUT2D eigenvalue weighted by Gasteiger charge is -2.24. The van der Waals surface area contributed by atoms with Crippen molar-refractivity contribution in [3.8, 4) is 5.75 Å². The van der Waals surface area contributed by atoms with Gasteiger partial charge in [-0.05, 0) is 45.0 Å². The number of benzene rings is 1. The molecule has 0 aliphatic heterocycles. The van der Waals surface area contributed by atoms with Crippen LogP contribution < -0.4 is 10.1 Å². The first-order valence-corrected chi connectivity index (χ1v) is 20.0. The number of nitrogens with zero attached hydrogens (tertiary/aromatic N) is 1. The fraction of sp³-hybridized carbons (Fsp3) is 0.800. The first-order valence-electron chi connectivity index (χ1n) is 20.0. The Labute approximate surface area is 345 Å². The van der Waals surface area contributed by atoms with Gasteiger partial charge in [0.25, 0.3) is 0 Å². The van der Waals surface area contributed by atoms with Crippen molar-refractivity contribution in [2.45, 2.75) is 33.3 Å². The van der Waals surface area contributed by atoms with Crippen LogP contribution in [0.25, 0.3) is 0 Å². The highest BCUT2D eigenvalue weighted by Gasteiger charge is 2.19. The van der Waals surface area contributed by atoms with Crippen molar-refractivity contribution in [3.05, 3.63) is 24.3 Å². The summed E-state index contributed by atoms with van der Waals surface area (Å²) in [4.78, 5) is 24.4. The second-order valence-corrected chi connectivity index (χ2v) is 13.3. The van der Waals surface area contributed by atoms with E-state index in [1.165, 1.54) is 11.8 Å². The molecule has 0 aliphatic rings. The minimum absolute atomic E-state index is 0.112. The van der Waals surface area contributed by atoms with Gasteiger partial charge in [0, 0.05) is 26.2 Å². The molecule has 1 aromatic rings. The lowest BCUT2D eigenvalue weighted by atomic mass is 10.2. The molecule has 338 valence electrons. The Morgan fingerprint density at radius 3 is 1.02 bits per heavy atom. The zero-order chi connectivity index (χ0) is 42.2. The molecule has 0 fully saturated rings. The van der Waals surface area contributed by atoms with Crippen molar-refractivity contribution in [1.29, 1.82) is 0 Å². The molecule has 0 heterocycles. The van der Waals surface area contributed by atoms with Crippen molar-refractivity contribution < 1.29 is 75.9 Å². The predicted octanol–water partition coefficient (Wildman–Crippen LogP) is 3.09. The van der Waals surface area contributed by atoms with E-state index in [9.17, 15) is 9.59 Å². The lowest BCUT2D eigenvalue weighted by Crippen LogP contribution is -2.36. The number of ether oxygens (including phenoxy) is 14. The first-order chi connectivity index (χ1) is 28.2. The molecule has 1 aromatic carbocycles. The molecule has 2 amide bonds. The Kier molecular flexibility index (Phi) is 35.4. The average Bonchev–Trinajstić information content (AvgIpc) is 3.18. The van der Waals surface area contributed by atoms with Gasteiger partial charge in [0.1, 0.15) is 18.0 Å². The molecule has 0 aliphatic carbocycles. The van der Waals surface area contributed by atoms with E-state index in [2.05, 4.69) is 5.32 Å². The van der Waals surface area contributed by atoms with E-state index in [0.29, 0.717) is 177 Å². The fourth-order valence-corrected chi connectivity index (χ4v) is 4.21. The molecule has 1 N–H and O–H groups in total. The Bertz CT molecular complexity index is 1080. The smallest absolute Gasteiger partial charge is 0.410 e. The maximum absolute atomic E-state index is 11.9. The normalized spacial score (nSPS) is 11.5. The average molecular weight is 837 g/mol. The molecule has 0 bridgehead atoms. The second-order valence-electron chi connectivity index (χ2n) is 13.3. The summed E-state index contributed by atoms with van der Waals surface area (Å²) in [6.07, 6.45) is -0.369. The van der Waals surface area contributed by atoms with Crippen molar-refractivity contribution in [2.24, 2.45) is 0 Å². The quantitative estimate of drug-likeness (QED) is 0.0951. The standard InChI is InChI=1S/C40H72N2O16/c1-36(43)41-37-6-8-38(9-7-37)57-35-34-56-33-32-55-31-30-54-29-28-53-27-26-52-25-24-51-23-22-50-21-20-49-19-18-48-17-16-47-15-14-46-13-12-45-11-10-42(5)39(44)58-40(2,3)4/h6-9H,10-35H2,1-5H3,(H,41,43). The van der Waals surface area contributed by atoms with E-state index in [0.717, 1.165) is 5.69 Å². The van der Waals surface area contributed by atoms with E-state index in [1.54, 1.807) is 31.3 Å². The van der Waals surface area contributed by atoms with Crippen LogP contribution in [0.3, 0.4) is 0 Å². The third kappa shape index (κ3) is 37.5. The zero-order valence-electron chi connectivity index (χ0n) is 35.7. The molecule has 0 atom stereocenters. The highest BCUT2D eigenvalue weighted by atomic mass is 16.6. The first kappa shape index (κ1) is 53.3. The molecule has 0 unspecified atom stereocenters. The van der Waals surface area contributed by atoms with Crippen LogP contribution in [0.1, 0.15) is 27.7 Å². The second kappa shape index (κ2) is 38.5. The molecule has 0 saturated carbocycles. The maximum atomic E-state index is 11.9. The van der Waals surface area contributed by atoms with Crippen molar-refractivity contribution in [3.63, 3.8) is 0 Å². The molecule has 0 saturated heterocycles. The Morgan fingerprint density at radius 2 is 0.741 bits per heavy atom. The minimum atomic E-state index is -0.516. The van der Waals surface area contributed by atoms with E-state index in [-0.39, 0.29) is 12.0 Å². The van der Waals surface area contributed by atoms with E-state index in [1.807, 2.05) is 20.8 Å². The topological polar surface area (TPSA) is 179 Å². The number of nitrogens with one attached hydrogen (secondary N) is 1. The number of hydrogen-bond acceptors (Lipinski definition) is 16. The van der Waals surface area contributed by atoms with Crippen molar-refractivity contribution in [2.75, 3.05) is 184 Å². The van der Waals surface area contributed by atoms with E-state index < -0.39 is 5.60 Å². The summed E-state index contributed by atoms with van der Waals surface area (Å²) in [7, 11) is 1.68. The van der Waals surface area contributed by atoms with Crippen LogP contribution in [0.2, 0.25) is 0 Å². The van der Waals surface area contributed by atoms with Gasteiger partial charge in [-0.15, -0.1) is 0 Å². The molecule has 0 radical (unpaired) electrons. The van der Waals surface area contributed by atoms with Gasteiger partial charge in [0.2, 0.25) is 5.91 Å². The minimum Gasteiger partial charge on any atom is -0.491 e. The number of likely N-dealkylation sites (N-methyl/N-ethyl adjacent to an activating group) is 1. The summed E-state index contributed by atoms with van der Waals surface area (Å²) in [6, 6.07) is 7.17. The van der Waals surface area contributed by atoms with E-state index in [4.69, 9.17) is 66.3 Å². The number of carbonyl (C=O) groups is 2. The number of carbonyl (C=O) groups excluding carboxylic acids is 2. The van der Waals surface area contributed by atoms with Crippen molar-refractivity contribution >= 4 is 17.7 Å². The molecular formula is C40H72N2O16. The maximum Gasteiger partial charge on any atom is 0.410 e. The van der Waals surface area contributed by atoms with E-state index >= 15 is 0 Å². The molecule has 18 heteroatoms. The molecule has 0 aromatic heterocycles. The zero-order valence-corrected chi connectivity index (χ0v) is 35.7. The van der Waals surface area contributed by atoms with Gasteiger partial charge >= 0.3 is 6.09 Å². The van der Waals surface area contributed by atoms with Gasteiger partial charge in [0.05, 0.1) is 159 Å². The molecule has 58 heavy (non-hydrogen) atoms. The van der Waals surface area contributed by atoms with Gasteiger partial charge in [-0.2, -0.15) is 0 Å². The summed E-state index contributed by atoms with van der Waals surface area (Å²) in [5.74, 6) is 0.600.